The summed E-state index contributed by atoms with van der Waals surface area (Å²) in [5, 5.41) is 1.18. The zero-order valence-corrected chi connectivity index (χ0v) is 16.9. The van der Waals surface area contributed by atoms with Crippen molar-refractivity contribution in [2.75, 3.05) is 5.32 Å². The summed E-state index contributed by atoms with van der Waals surface area (Å²) in [5.74, 6) is -2.13. The first-order chi connectivity index (χ1) is 14.5. The molecule has 1 amide bonds. The molecule has 3 aromatic rings. The molecule has 0 spiro atoms. The smallest absolute Gasteiger partial charge is 0.321 e. The zero-order valence-electron chi connectivity index (χ0n) is 15.3. The predicted octanol–water partition coefficient (Wildman–Crippen LogP) is 4.51. The highest BCUT2D eigenvalue weighted by atomic mass is 35.5. The maximum atomic E-state index is 13.0. The van der Waals surface area contributed by atoms with Gasteiger partial charge in [-0.15, -0.1) is 0 Å². The number of alkyl halides is 3. The molecule has 162 valence electrons. The maximum absolute atomic E-state index is 13.0. The molecular weight excluding hydrogens is 462 g/mol. The van der Waals surface area contributed by atoms with Crippen LogP contribution in [0.2, 0.25) is 5.02 Å². The van der Waals surface area contributed by atoms with Gasteiger partial charge in [0.2, 0.25) is 15.0 Å². The number of rotatable bonds is 5. The van der Waals surface area contributed by atoms with Gasteiger partial charge in [-0.2, -0.15) is 13.2 Å². The lowest BCUT2D eigenvalue weighted by Gasteiger charge is -2.11. The third-order valence-electron chi connectivity index (χ3n) is 3.93. The molecular formula is C19H12ClF4N3O3S. The summed E-state index contributed by atoms with van der Waals surface area (Å²) < 4.78 is 76.6. The van der Waals surface area contributed by atoms with Crippen LogP contribution in [0.25, 0.3) is 0 Å². The first-order valence-corrected chi connectivity index (χ1v) is 10.5. The summed E-state index contributed by atoms with van der Waals surface area (Å²) in [7, 11) is -4.13. The second-order valence-electron chi connectivity index (χ2n) is 6.27. The molecule has 0 atom stereocenters. The number of aromatic nitrogens is 2. The average molecular weight is 474 g/mol. The average Bonchev–Trinajstić information content (AvgIpc) is 2.69. The topological polar surface area (TPSA) is 89.0 Å². The van der Waals surface area contributed by atoms with Crippen LogP contribution in [0.3, 0.4) is 0 Å². The fraction of sp³-hybridized carbons (Fsp3) is 0.105. The number of halogens is 5. The molecule has 0 bridgehead atoms. The van der Waals surface area contributed by atoms with Crippen LogP contribution < -0.4 is 5.32 Å². The Morgan fingerprint density at radius 1 is 1.10 bits per heavy atom. The lowest BCUT2D eigenvalue weighted by molar-refractivity contribution is -0.137. The number of nitrogens with zero attached hydrogens (tertiary/aromatic N) is 2. The minimum Gasteiger partial charge on any atom is -0.321 e. The van der Waals surface area contributed by atoms with Crippen molar-refractivity contribution < 1.29 is 30.8 Å². The van der Waals surface area contributed by atoms with Crippen LogP contribution in [0.5, 0.6) is 0 Å². The van der Waals surface area contributed by atoms with Crippen LogP contribution in [-0.4, -0.2) is 24.3 Å². The van der Waals surface area contributed by atoms with Crippen LogP contribution in [-0.2, 0) is 21.8 Å². The van der Waals surface area contributed by atoms with E-state index in [0.29, 0.717) is 6.07 Å². The summed E-state index contributed by atoms with van der Waals surface area (Å²) in [5.41, 5.74) is -1.45. The van der Waals surface area contributed by atoms with Gasteiger partial charge >= 0.3 is 6.18 Å². The van der Waals surface area contributed by atoms with E-state index in [1.807, 2.05) is 0 Å². The number of hydrogen-bond donors (Lipinski definition) is 1. The molecule has 0 saturated carbocycles. The highest BCUT2D eigenvalue weighted by molar-refractivity contribution is 7.90. The van der Waals surface area contributed by atoms with Gasteiger partial charge in [-0.25, -0.2) is 22.8 Å². The Morgan fingerprint density at radius 2 is 1.77 bits per heavy atom. The van der Waals surface area contributed by atoms with Gasteiger partial charge < -0.3 is 5.32 Å². The molecule has 1 N–H and O–H groups in total. The molecule has 2 aromatic carbocycles. The van der Waals surface area contributed by atoms with Crippen LogP contribution in [0.1, 0.15) is 21.6 Å². The minimum atomic E-state index is -4.62. The Balaban J connectivity index is 1.86. The molecule has 0 aliphatic rings. The Hall–Kier alpha value is -3.05. The first-order valence-electron chi connectivity index (χ1n) is 8.44. The Morgan fingerprint density at radius 3 is 2.42 bits per heavy atom. The molecule has 1 heterocycles. The molecule has 0 saturated heterocycles. The first kappa shape index (κ1) is 22.6. The number of sulfone groups is 1. The molecule has 3 rings (SSSR count). The van der Waals surface area contributed by atoms with E-state index in [0.717, 1.165) is 30.5 Å². The lowest BCUT2D eigenvalue weighted by Crippen LogP contribution is -2.18. The van der Waals surface area contributed by atoms with E-state index < -0.39 is 49.9 Å². The molecule has 0 fully saturated rings. The Bertz CT molecular complexity index is 1230. The Kier molecular flexibility index (Phi) is 6.27. The van der Waals surface area contributed by atoms with Crippen molar-refractivity contribution in [2.24, 2.45) is 0 Å². The summed E-state index contributed by atoms with van der Waals surface area (Å²) in [6, 6.07) is 8.55. The van der Waals surface area contributed by atoms with Crippen molar-refractivity contribution in [1.82, 2.24) is 9.97 Å². The number of carbonyl (C=O) groups is 1. The van der Waals surface area contributed by atoms with E-state index in [2.05, 4.69) is 15.3 Å². The molecule has 0 radical (unpaired) electrons. The fourth-order valence-electron chi connectivity index (χ4n) is 2.49. The quantitative estimate of drug-likeness (QED) is 0.435. The fourth-order valence-corrected chi connectivity index (χ4v) is 3.87. The van der Waals surface area contributed by atoms with Crippen molar-refractivity contribution in [1.29, 1.82) is 0 Å². The highest BCUT2D eigenvalue weighted by Crippen LogP contribution is 2.31. The van der Waals surface area contributed by atoms with E-state index in [9.17, 15) is 30.8 Å². The second-order valence-corrected chi connectivity index (χ2v) is 8.56. The third kappa shape index (κ3) is 5.56. The molecule has 0 unspecified atom stereocenters. The summed E-state index contributed by atoms with van der Waals surface area (Å²) in [6.07, 6.45) is -3.72. The summed E-state index contributed by atoms with van der Waals surface area (Å²) >= 11 is 5.89. The van der Waals surface area contributed by atoms with Crippen molar-refractivity contribution in [3.63, 3.8) is 0 Å². The summed E-state index contributed by atoms with van der Waals surface area (Å²) in [6.45, 7) is 0. The van der Waals surface area contributed by atoms with Gasteiger partial charge in [0.25, 0.3) is 5.91 Å². The number of amides is 1. The van der Waals surface area contributed by atoms with Gasteiger partial charge in [0, 0.05) is 5.69 Å². The predicted molar refractivity (Wildman–Crippen MR) is 104 cm³/mol. The van der Waals surface area contributed by atoms with Gasteiger partial charge in [0.1, 0.15) is 5.82 Å². The van der Waals surface area contributed by atoms with E-state index >= 15 is 0 Å². The van der Waals surface area contributed by atoms with Gasteiger partial charge in [0.05, 0.1) is 22.5 Å². The van der Waals surface area contributed by atoms with Crippen molar-refractivity contribution in [3.05, 3.63) is 82.4 Å². The highest BCUT2D eigenvalue weighted by Gasteiger charge is 2.30. The van der Waals surface area contributed by atoms with Crippen LogP contribution in [0, 0.1) is 5.82 Å². The largest absolute Gasteiger partial charge is 0.416 e. The number of hydrogen-bond acceptors (Lipinski definition) is 5. The van der Waals surface area contributed by atoms with Crippen molar-refractivity contribution in [2.45, 2.75) is 17.1 Å². The van der Waals surface area contributed by atoms with Gasteiger partial charge in [-0.05, 0) is 35.9 Å². The minimum absolute atomic E-state index is 0.190. The molecule has 6 nitrogen and oxygen atoms in total. The SMILES string of the molecule is O=C(Nc1cccc(C(F)(F)F)c1)c1nc(S(=O)(=O)Cc2ccc(F)cc2)ncc1Cl. The van der Waals surface area contributed by atoms with E-state index in [4.69, 9.17) is 11.6 Å². The number of carbonyl (C=O) groups excluding carboxylic acids is 1. The number of anilines is 1. The molecule has 12 heteroatoms. The van der Waals surface area contributed by atoms with Crippen molar-refractivity contribution in [3.8, 4) is 0 Å². The van der Waals surface area contributed by atoms with Crippen molar-refractivity contribution >= 4 is 33.0 Å². The van der Waals surface area contributed by atoms with Gasteiger partial charge in [-0.3, -0.25) is 4.79 Å². The summed E-state index contributed by atoms with van der Waals surface area (Å²) in [4.78, 5) is 19.8. The molecule has 0 aliphatic carbocycles. The number of nitrogens with one attached hydrogen (secondary N) is 1. The van der Waals surface area contributed by atoms with E-state index in [-0.39, 0.29) is 16.3 Å². The monoisotopic (exact) mass is 473 g/mol. The Labute approximate surface area is 178 Å². The van der Waals surface area contributed by atoms with Gasteiger partial charge in [0.15, 0.2) is 5.69 Å². The standard InChI is InChI=1S/C19H12ClF4N3O3S/c20-15-9-25-18(31(29,30)10-11-4-6-13(21)7-5-11)27-16(15)17(28)26-14-3-1-2-12(8-14)19(22,23)24/h1-9H,10H2,(H,26,28). The zero-order chi connectivity index (χ0) is 22.8. The third-order valence-corrected chi connectivity index (χ3v) is 5.68. The van der Waals surface area contributed by atoms with Crippen LogP contribution in [0.4, 0.5) is 23.2 Å². The second kappa shape index (κ2) is 8.60. The lowest BCUT2D eigenvalue weighted by atomic mass is 10.2. The number of benzene rings is 2. The maximum Gasteiger partial charge on any atom is 0.416 e. The van der Waals surface area contributed by atoms with Crippen LogP contribution >= 0.6 is 11.6 Å². The molecule has 1 aromatic heterocycles. The van der Waals surface area contributed by atoms with Gasteiger partial charge in [-0.1, -0.05) is 29.8 Å². The molecule has 0 aliphatic heterocycles. The normalized spacial score (nSPS) is 11.9. The molecule has 31 heavy (non-hydrogen) atoms. The van der Waals surface area contributed by atoms with E-state index in [1.54, 1.807) is 0 Å². The van der Waals surface area contributed by atoms with Crippen LogP contribution in [0.15, 0.2) is 59.9 Å². The van der Waals surface area contributed by atoms with E-state index in [1.165, 1.54) is 18.2 Å².